The molecule has 0 spiro atoms. The molecule has 4 rings (SSSR count). The molecule has 7 atom stereocenters. The molecule has 4 saturated carbocycles. The fourth-order valence-electron chi connectivity index (χ4n) is 6.75. The molecule has 5 N–H and O–H groups in total. The van der Waals surface area contributed by atoms with Crippen LogP contribution in [0, 0.1) is 29.1 Å². The Kier molecular flexibility index (Phi) is 3.81. The molecule has 0 aromatic carbocycles. The van der Waals surface area contributed by atoms with Gasteiger partial charge in [-0.3, -0.25) is 9.59 Å². The Balaban J connectivity index is 1.58. The number of hydrogen-bond donors (Lipinski definition) is 3. The van der Waals surface area contributed by atoms with E-state index in [-0.39, 0.29) is 28.9 Å². The van der Waals surface area contributed by atoms with Crippen LogP contribution in [0.15, 0.2) is 0 Å². The summed E-state index contributed by atoms with van der Waals surface area (Å²) in [5.41, 5.74) is 11.2. The van der Waals surface area contributed by atoms with Gasteiger partial charge in [0.1, 0.15) is 0 Å². The highest BCUT2D eigenvalue weighted by Gasteiger charge is 2.60. The lowest BCUT2D eigenvalue weighted by Crippen LogP contribution is -2.63. The van der Waals surface area contributed by atoms with Gasteiger partial charge in [0, 0.05) is 11.8 Å². The van der Waals surface area contributed by atoms with Crippen LogP contribution in [-0.4, -0.2) is 28.4 Å². The van der Waals surface area contributed by atoms with E-state index in [4.69, 9.17) is 11.5 Å². The van der Waals surface area contributed by atoms with E-state index in [9.17, 15) is 14.7 Å². The van der Waals surface area contributed by atoms with Crippen molar-refractivity contribution in [2.45, 2.75) is 75.9 Å². The summed E-state index contributed by atoms with van der Waals surface area (Å²) in [6.07, 6.45) is 9.02. The molecule has 134 valence electrons. The quantitative estimate of drug-likeness (QED) is 0.724. The molecule has 3 bridgehead atoms. The molecule has 5 heteroatoms. The predicted octanol–water partition coefficient (Wildman–Crippen LogP) is 1.51. The summed E-state index contributed by atoms with van der Waals surface area (Å²) in [6.45, 7) is 0. The predicted molar refractivity (Wildman–Crippen MR) is 89.7 cm³/mol. The molecule has 0 heterocycles. The Morgan fingerprint density at radius 2 is 1.79 bits per heavy atom. The van der Waals surface area contributed by atoms with E-state index in [1.54, 1.807) is 0 Å². The van der Waals surface area contributed by atoms with Gasteiger partial charge in [-0.05, 0) is 75.0 Å². The summed E-state index contributed by atoms with van der Waals surface area (Å²) in [5.74, 6) is -0.107. The smallest absolute Gasteiger partial charge is 0.221 e. The lowest BCUT2D eigenvalue weighted by Gasteiger charge is -2.60. The molecule has 4 fully saturated rings. The van der Waals surface area contributed by atoms with Crippen molar-refractivity contribution < 1.29 is 14.7 Å². The number of primary amides is 1. The van der Waals surface area contributed by atoms with E-state index in [2.05, 4.69) is 0 Å². The van der Waals surface area contributed by atoms with Crippen LogP contribution in [0.4, 0.5) is 0 Å². The number of fused-ring (bicyclic) bond motifs is 2. The van der Waals surface area contributed by atoms with Crippen LogP contribution in [-0.2, 0) is 9.59 Å². The first-order valence-electron chi connectivity index (χ1n) is 9.66. The number of ketones is 1. The van der Waals surface area contributed by atoms with Crippen LogP contribution < -0.4 is 11.5 Å². The number of nitrogens with two attached hydrogens (primary N) is 2. The molecule has 4 aliphatic carbocycles. The lowest BCUT2D eigenvalue weighted by molar-refractivity contribution is -0.177. The van der Waals surface area contributed by atoms with E-state index in [0.717, 1.165) is 51.4 Å². The molecule has 4 aliphatic rings. The van der Waals surface area contributed by atoms with Crippen molar-refractivity contribution in [2.24, 2.45) is 40.6 Å². The van der Waals surface area contributed by atoms with Gasteiger partial charge >= 0.3 is 0 Å². The minimum Gasteiger partial charge on any atom is -0.390 e. The lowest BCUT2D eigenvalue weighted by atomic mass is 9.47. The number of rotatable bonds is 4. The zero-order valence-corrected chi connectivity index (χ0v) is 14.4. The van der Waals surface area contributed by atoms with E-state index in [1.807, 2.05) is 0 Å². The van der Waals surface area contributed by atoms with E-state index < -0.39 is 11.6 Å². The number of amides is 1. The average molecular weight is 334 g/mol. The second kappa shape index (κ2) is 5.53. The molecule has 5 nitrogen and oxygen atoms in total. The minimum absolute atomic E-state index is 0.0262. The third-order valence-electron chi connectivity index (χ3n) is 7.88. The fraction of sp³-hybridized carbons (Fsp3) is 0.895. The summed E-state index contributed by atoms with van der Waals surface area (Å²) in [6, 6.07) is -0.559. The average Bonchev–Trinajstić information content (AvgIpc) is 3.00. The van der Waals surface area contributed by atoms with Gasteiger partial charge in [0.05, 0.1) is 11.6 Å². The molecular weight excluding hydrogens is 304 g/mol. The zero-order valence-electron chi connectivity index (χ0n) is 14.4. The third-order valence-corrected chi connectivity index (χ3v) is 7.88. The van der Waals surface area contributed by atoms with E-state index in [0.29, 0.717) is 24.7 Å². The number of carbonyl (C=O) groups excluding carboxylic acids is 2. The van der Waals surface area contributed by atoms with Crippen molar-refractivity contribution in [2.75, 3.05) is 0 Å². The molecule has 5 unspecified atom stereocenters. The first-order valence-corrected chi connectivity index (χ1v) is 9.66. The number of carbonyl (C=O) groups is 2. The Morgan fingerprint density at radius 1 is 1.04 bits per heavy atom. The molecule has 0 radical (unpaired) electrons. The van der Waals surface area contributed by atoms with Crippen molar-refractivity contribution in [3.63, 3.8) is 0 Å². The number of hydrogen-bond acceptors (Lipinski definition) is 4. The Morgan fingerprint density at radius 3 is 2.54 bits per heavy atom. The van der Waals surface area contributed by atoms with Crippen molar-refractivity contribution in [1.82, 2.24) is 0 Å². The monoisotopic (exact) mass is 334 g/mol. The minimum atomic E-state index is -0.615. The molecule has 1 amide bonds. The van der Waals surface area contributed by atoms with Gasteiger partial charge < -0.3 is 16.6 Å². The Labute approximate surface area is 143 Å². The molecule has 0 saturated heterocycles. The van der Waals surface area contributed by atoms with Crippen LogP contribution in [0.3, 0.4) is 0 Å². The molecular formula is C19H30N2O3. The second-order valence-electron chi connectivity index (χ2n) is 9.16. The van der Waals surface area contributed by atoms with Crippen LogP contribution in [0.1, 0.15) is 64.2 Å². The zero-order chi connectivity index (χ0) is 17.1. The Hall–Kier alpha value is -0.940. The summed E-state index contributed by atoms with van der Waals surface area (Å²) < 4.78 is 0. The summed E-state index contributed by atoms with van der Waals surface area (Å²) in [4.78, 5) is 24.8. The van der Waals surface area contributed by atoms with Crippen molar-refractivity contribution in [1.29, 1.82) is 0 Å². The van der Waals surface area contributed by atoms with Crippen molar-refractivity contribution in [3.05, 3.63) is 0 Å². The van der Waals surface area contributed by atoms with Crippen LogP contribution in [0.2, 0.25) is 0 Å². The highest BCUT2D eigenvalue weighted by Crippen LogP contribution is 2.61. The van der Waals surface area contributed by atoms with Crippen molar-refractivity contribution >= 4 is 11.7 Å². The highest BCUT2D eigenvalue weighted by atomic mass is 16.3. The maximum atomic E-state index is 13.2. The number of Topliss-reactive ketones (excluding diaryl/α,β-unsaturated/α-hetero) is 1. The van der Waals surface area contributed by atoms with E-state index in [1.165, 1.54) is 0 Å². The standard InChI is InChI=1S/C19H30N2O3/c20-16(15(22)13-2-1-3-14(13)17(21)23)18-7-6-12-5-4-11(8-18)9-19(12,24)10-18/h11-14,16,24H,1-10,20H2,(H2,21,23)/t11?,12?,13?,14-,16?,18-,19?/m1/s1. The maximum absolute atomic E-state index is 13.2. The highest BCUT2D eigenvalue weighted by molar-refractivity contribution is 5.92. The first-order chi connectivity index (χ1) is 11.3. The van der Waals surface area contributed by atoms with E-state index >= 15 is 0 Å². The second-order valence-corrected chi connectivity index (χ2v) is 9.16. The topological polar surface area (TPSA) is 106 Å². The normalized spacial score (nSPS) is 48.2. The first kappa shape index (κ1) is 16.5. The number of aliphatic hydroxyl groups is 1. The van der Waals surface area contributed by atoms with Crippen LogP contribution in [0.25, 0.3) is 0 Å². The molecule has 24 heavy (non-hydrogen) atoms. The van der Waals surface area contributed by atoms with Gasteiger partial charge in [0.2, 0.25) is 5.91 Å². The Bertz CT molecular complexity index is 565. The third kappa shape index (κ3) is 2.35. The summed E-state index contributed by atoms with van der Waals surface area (Å²) in [5, 5.41) is 11.2. The van der Waals surface area contributed by atoms with Crippen LogP contribution in [0.5, 0.6) is 0 Å². The maximum Gasteiger partial charge on any atom is 0.221 e. The van der Waals surface area contributed by atoms with Gasteiger partial charge in [0.15, 0.2) is 5.78 Å². The summed E-state index contributed by atoms with van der Waals surface area (Å²) in [7, 11) is 0. The molecule has 0 aliphatic heterocycles. The van der Waals surface area contributed by atoms with Gasteiger partial charge in [-0.15, -0.1) is 0 Å². The largest absolute Gasteiger partial charge is 0.390 e. The molecule has 0 aromatic heterocycles. The fourth-order valence-corrected chi connectivity index (χ4v) is 6.75. The van der Waals surface area contributed by atoms with Gasteiger partial charge in [-0.2, -0.15) is 0 Å². The van der Waals surface area contributed by atoms with Gasteiger partial charge in [-0.1, -0.05) is 6.42 Å². The van der Waals surface area contributed by atoms with Crippen LogP contribution >= 0.6 is 0 Å². The SMILES string of the molecule is NC(=O)[C@@H]1CCCC1C(=O)C(N)[C@@]12CCC3CCC(CC3(O)C1)C2. The summed E-state index contributed by atoms with van der Waals surface area (Å²) >= 11 is 0. The van der Waals surface area contributed by atoms with Gasteiger partial charge in [0.25, 0.3) is 0 Å². The van der Waals surface area contributed by atoms with Gasteiger partial charge in [-0.25, -0.2) is 0 Å². The molecule has 0 aromatic rings. The van der Waals surface area contributed by atoms with Crippen molar-refractivity contribution in [3.8, 4) is 0 Å².